The monoisotopic (exact) mass is 237 g/mol. The zero-order chi connectivity index (χ0) is 12.0. The molecule has 0 radical (unpaired) electrons. The number of hydrogen-bond donors (Lipinski definition) is 1. The first kappa shape index (κ1) is 13.1. The molecule has 1 N–H and O–H groups in total. The molecular formula is C13H19NOS. The summed E-state index contributed by atoms with van der Waals surface area (Å²) in [6, 6.07) is 8.50. The van der Waals surface area contributed by atoms with Crippen LogP contribution in [0.15, 0.2) is 29.2 Å². The number of hydrogen-bond acceptors (Lipinski definition) is 2. The number of carbonyl (C=O) groups excluding carboxylic acids is 1. The summed E-state index contributed by atoms with van der Waals surface area (Å²) in [5.74, 6) is 0.604. The van der Waals surface area contributed by atoms with Gasteiger partial charge in [-0.25, -0.2) is 0 Å². The predicted octanol–water partition coefficient (Wildman–Crippen LogP) is 3.00. The van der Waals surface area contributed by atoms with E-state index in [-0.39, 0.29) is 11.9 Å². The van der Waals surface area contributed by atoms with Crippen LogP contribution in [-0.2, 0) is 4.79 Å². The molecule has 1 aromatic carbocycles. The van der Waals surface area contributed by atoms with Crippen LogP contribution in [0, 0.1) is 6.92 Å². The van der Waals surface area contributed by atoms with Crippen LogP contribution < -0.4 is 5.32 Å². The fraction of sp³-hybridized carbons (Fsp3) is 0.462. The zero-order valence-corrected chi connectivity index (χ0v) is 10.9. The zero-order valence-electron chi connectivity index (χ0n) is 10.1. The Balaban J connectivity index is 2.34. The van der Waals surface area contributed by atoms with Gasteiger partial charge in [0.1, 0.15) is 0 Å². The fourth-order valence-corrected chi connectivity index (χ4v) is 1.91. The molecule has 0 aromatic heterocycles. The summed E-state index contributed by atoms with van der Waals surface area (Å²) in [5.41, 5.74) is 1.24. The first-order valence-electron chi connectivity index (χ1n) is 5.60. The summed E-state index contributed by atoms with van der Waals surface area (Å²) in [7, 11) is 0. The second kappa shape index (κ2) is 6.59. The Hall–Kier alpha value is -0.960. The second-order valence-corrected chi connectivity index (χ2v) is 5.03. The highest BCUT2D eigenvalue weighted by atomic mass is 32.2. The van der Waals surface area contributed by atoms with Crippen LogP contribution in [0.3, 0.4) is 0 Å². The Kier molecular flexibility index (Phi) is 5.39. The number of nitrogens with one attached hydrogen (secondary N) is 1. The summed E-state index contributed by atoms with van der Waals surface area (Å²) in [6.45, 7) is 6.15. The molecule has 88 valence electrons. The largest absolute Gasteiger partial charge is 0.353 e. The molecule has 2 nitrogen and oxygen atoms in total. The molecule has 1 amide bonds. The molecule has 1 unspecified atom stereocenters. The fourth-order valence-electron chi connectivity index (χ4n) is 1.20. The number of benzene rings is 1. The van der Waals surface area contributed by atoms with Crippen LogP contribution in [0.5, 0.6) is 0 Å². The molecule has 1 rings (SSSR count). The lowest BCUT2D eigenvalue weighted by Gasteiger charge is -2.10. The van der Waals surface area contributed by atoms with E-state index in [1.807, 2.05) is 6.92 Å². The number of amides is 1. The van der Waals surface area contributed by atoms with Crippen LogP contribution in [0.4, 0.5) is 0 Å². The maximum atomic E-state index is 11.5. The number of thioether (sulfide) groups is 1. The minimum atomic E-state index is 0.111. The van der Waals surface area contributed by atoms with Crippen molar-refractivity contribution < 1.29 is 4.79 Å². The Bertz CT molecular complexity index is 334. The second-order valence-electron chi connectivity index (χ2n) is 3.98. The van der Waals surface area contributed by atoms with Gasteiger partial charge in [-0.05, 0) is 32.4 Å². The van der Waals surface area contributed by atoms with E-state index >= 15 is 0 Å². The van der Waals surface area contributed by atoms with E-state index in [4.69, 9.17) is 0 Å². The molecule has 0 saturated heterocycles. The quantitative estimate of drug-likeness (QED) is 0.798. The topological polar surface area (TPSA) is 29.1 Å². The van der Waals surface area contributed by atoms with Crippen molar-refractivity contribution in [2.24, 2.45) is 0 Å². The van der Waals surface area contributed by atoms with Crippen molar-refractivity contribution in [3.63, 3.8) is 0 Å². The van der Waals surface area contributed by atoms with Crippen molar-refractivity contribution in [1.29, 1.82) is 0 Å². The van der Waals surface area contributed by atoms with Gasteiger partial charge in [-0.15, -0.1) is 11.8 Å². The molecule has 0 aliphatic carbocycles. The Morgan fingerprint density at radius 2 is 2.00 bits per heavy atom. The van der Waals surface area contributed by atoms with E-state index in [2.05, 4.69) is 43.4 Å². The molecule has 0 saturated carbocycles. The van der Waals surface area contributed by atoms with Crippen molar-refractivity contribution >= 4 is 17.7 Å². The molecule has 1 atom stereocenters. The minimum absolute atomic E-state index is 0.111. The summed E-state index contributed by atoms with van der Waals surface area (Å²) in [4.78, 5) is 12.7. The molecule has 1 aromatic rings. The maximum Gasteiger partial charge on any atom is 0.230 e. The average Bonchev–Trinajstić information content (AvgIpc) is 2.28. The standard InChI is InChI=1S/C13H19NOS/c1-4-11(3)14-13(15)9-16-12-7-5-10(2)6-8-12/h5-8,11H,4,9H2,1-3H3,(H,14,15). The molecule has 0 aliphatic rings. The van der Waals surface area contributed by atoms with Gasteiger partial charge < -0.3 is 5.32 Å². The summed E-state index contributed by atoms with van der Waals surface area (Å²) in [5, 5.41) is 2.95. The van der Waals surface area contributed by atoms with Gasteiger partial charge in [0.15, 0.2) is 0 Å². The molecular weight excluding hydrogens is 218 g/mol. The smallest absolute Gasteiger partial charge is 0.230 e. The Labute approximate surface area is 102 Å². The van der Waals surface area contributed by atoms with Crippen molar-refractivity contribution in [2.45, 2.75) is 38.1 Å². The van der Waals surface area contributed by atoms with Crippen molar-refractivity contribution in [3.05, 3.63) is 29.8 Å². The molecule has 3 heteroatoms. The van der Waals surface area contributed by atoms with Gasteiger partial charge in [0, 0.05) is 10.9 Å². The molecule has 0 heterocycles. The first-order valence-corrected chi connectivity index (χ1v) is 6.59. The summed E-state index contributed by atoms with van der Waals surface area (Å²) < 4.78 is 0. The van der Waals surface area contributed by atoms with E-state index in [1.165, 1.54) is 5.56 Å². The van der Waals surface area contributed by atoms with Crippen molar-refractivity contribution in [3.8, 4) is 0 Å². The van der Waals surface area contributed by atoms with Crippen molar-refractivity contribution in [1.82, 2.24) is 5.32 Å². The van der Waals surface area contributed by atoms with E-state index in [1.54, 1.807) is 11.8 Å². The van der Waals surface area contributed by atoms with Crippen LogP contribution in [-0.4, -0.2) is 17.7 Å². The van der Waals surface area contributed by atoms with Crippen LogP contribution in [0.1, 0.15) is 25.8 Å². The van der Waals surface area contributed by atoms with Gasteiger partial charge in [-0.1, -0.05) is 24.6 Å². The Morgan fingerprint density at radius 3 is 2.56 bits per heavy atom. The maximum absolute atomic E-state index is 11.5. The lowest BCUT2D eigenvalue weighted by molar-refractivity contribution is -0.119. The lowest BCUT2D eigenvalue weighted by Crippen LogP contribution is -2.33. The van der Waals surface area contributed by atoms with Gasteiger partial charge in [0.25, 0.3) is 0 Å². The van der Waals surface area contributed by atoms with Crippen LogP contribution >= 0.6 is 11.8 Å². The van der Waals surface area contributed by atoms with E-state index in [9.17, 15) is 4.79 Å². The van der Waals surface area contributed by atoms with Crippen molar-refractivity contribution in [2.75, 3.05) is 5.75 Å². The third-order valence-corrected chi connectivity index (χ3v) is 3.42. The Morgan fingerprint density at radius 1 is 1.38 bits per heavy atom. The lowest BCUT2D eigenvalue weighted by atomic mass is 10.2. The molecule has 0 aliphatic heterocycles. The number of aryl methyl sites for hydroxylation is 1. The SMILES string of the molecule is CCC(C)NC(=O)CSc1ccc(C)cc1. The van der Waals surface area contributed by atoms with Gasteiger partial charge in [-0.3, -0.25) is 4.79 Å². The third-order valence-electron chi connectivity index (χ3n) is 2.41. The predicted molar refractivity (Wildman–Crippen MR) is 69.8 cm³/mol. The van der Waals surface area contributed by atoms with Crippen LogP contribution in [0.2, 0.25) is 0 Å². The molecule has 0 bridgehead atoms. The van der Waals surface area contributed by atoms with Gasteiger partial charge in [-0.2, -0.15) is 0 Å². The number of carbonyl (C=O) groups is 1. The normalized spacial score (nSPS) is 12.2. The summed E-state index contributed by atoms with van der Waals surface area (Å²) in [6.07, 6.45) is 0.973. The first-order chi connectivity index (χ1) is 7.61. The van der Waals surface area contributed by atoms with E-state index < -0.39 is 0 Å². The van der Waals surface area contributed by atoms with Gasteiger partial charge in [0.2, 0.25) is 5.91 Å². The minimum Gasteiger partial charge on any atom is -0.353 e. The highest BCUT2D eigenvalue weighted by molar-refractivity contribution is 8.00. The third kappa shape index (κ3) is 4.71. The van der Waals surface area contributed by atoms with Gasteiger partial charge in [0.05, 0.1) is 5.75 Å². The molecule has 0 spiro atoms. The summed E-state index contributed by atoms with van der Waals surface area (Å²) >= 11 is 1.58. The van der Waals surface area contributed by atoms with Gasteiger partial charge >= 0.3 is 0 Å². The van der Waals surface area contributed by atoms with E-state index in [0.717, 1.165) is 11.3 Å². The average molecular weight is 237 g/mol. The molecule has 0 fully saturated rings. The number of rotatable bonds is 5. The highest BCUT2D eigenvalue weighted by Crippen LogP contribution is 2.17. The van der Waals surface area contributed by atoms with Crippen LogP contribution in [0.25, 0.3) is 0 Å². The molecule has 16 heavy (non-hydrogen) atoms. The van der Waals surface area contributed by atoms with E-state index in [0.29, 0.717) is 5.75 Å². The highest BCUT2D eigenvalue weighted by Gasteiger charge is 2.05.